The molecule has 2 heterocycles. The molecule has 1 fully saturated rings. The SMILES string of the molecule is CO[C@@H]1CC[C@@H]2CCN(C)C(=O)[C@@H](C)CN(C)C(=O)c3cccc(C#N)c3OC[C@@H]1O2. The molecule has 4 atom stereocenters. The molecular formula is C23H31N3O5. The highest BCUT2D eigenvalue weighted by Crippen LogP contribution is 2.29. The van der Waals surface area contributed by atoms with Gasteiger partial charge in [0, 0.05) is 34.3 Å². The monoisotopic (exact) mass is 429 g/mol. The molecule has 8 heteroatoms. The fraction of sp³-hybridized carbons (Fsp3) is 0.609. The van der Waals surface area contributed by atoms with E-state index in [1.165, 1.54) is 4.90 Å². The number of fused-ring (bicyclic) bond motifs is 3. The van der Waals surface area contributed by atoms with Crippen LogP contribution in [-0.2, 0) is 14.3 Å². The van der Waals surface area contributed by atoms with Gasteiger partial charge in [0.1, 0.15) is 24.5 Å². The zero-order valence-electron chi connectivity index (χ0n) is 18.7. The summed E-state index contributed by atoms with van der Waals surface area (Å²) in [5.41, 5.74) is 0.583. The van der Waals surface area contributed by atoms with Crippen molar-refractivity contribution in [2.75, 3.05) is 40.9 Å². The normalized spacial score (nSPS) is 28.1. The number of hydrogen-bond donors (Lipinski definition) is 0. The molecule has 2 aliphatic heterocycles. The maximum absolute atomic E-state index is 13.2. The fourth-order valence-electron chi connectivity index (χ4n) is 4.28. The number of methoxy groups -OCH3 is 1. The highest BCUT2D eigenvalue weighted by molar-refractivity contribution is 5.97. The number of rotatable bonds is 1. The predicted molar refractivity (Wildman–Crippen MR) is 114 cm³/mol. The van der Waals surface area contributed by atoms with Gasteiger partial charge in [0.2, 0.25) is 5.91 Å². The Hall–Kier alpha value is -2.63. The lowest BCUT2D eigenvalue weighted by Crippen LogP contribution is -2.45. The first kappa shape index (κ1) is 23.0. The molecule has 8 nitrogen and oxygen atoms in total. The van der Waals surface area contributed by atoms with Crippen molar-refractivity contribution in [1.29, 1.82) is 5.26 Å². The molecule has 168 valence electrons. The van der Waals surface area contributed by atoms with Crippen molar-refractivity contribution in [2.24, 2.45) is 5.92 Å². The van der Waals surface area contributed by atoms with E-state index >= 15 is 0 Å². The Morgan fingerprint density at radius 3 is 2.65 bits per heavy atom. The first-order valence-electron chi connectivity index (χ1n) is 10.7. The molecule has 1 aromatic rings. The summed E-state index contributed by atoms with van der Waals surface area (Å²) in [6, 6.07) is 7.04. The minimum atomic E-state index is -0.356. The molecule has 3 rings (SSSR count). The maximum Gasteiger partial charge on any atom is 0.257 e. The molecule has 0 aliphatic carbocycles. The largest absolute Gasteiger partial charge is 0.489 e. The number of carbonyl (C=O) groups is 2. The van der Waals surface area contributed by atoms with Crippen molar-refractivity contribution in [3.8, 4) is 11.8 Å². The fourth-order valence-corrected chi connectivity index (χ4v) is 4.28. The number of benzene rings is 1. The van der Waals surface area contributed by atoms with E-state index < -0.39 is 0 Å². The van der Waals surface area contributed by atoms with Gasteiger partial charge in [0.25, 0.3) is 5.91 Å². The second-order valence-electron chi connectivity index (χ2n) is 8.39. The molecule has 1 aromatic carbocycles. The molecule has 0 radical (unpaired) electrons. The number of nitriles is 1. The summed E-state index contributed by atoms with van der Waals surface area (Å²) in [6.45, 7) is 2.84. The minimum Gasteiger partial charge on any atom is -0.489 e. The molecule has 1 saturated heterocycles. The Bertz CT molecular complexity index is 852. The summed E-state index contributed by atoms with van der Waals surface area (Å²) >= 11 is 0. The lowest BCUT2D eigenvalue weighted by atomic mass is 9.99. The van der Waals surface area contributed by atoms with Gasteiger partial charge in [-0.15, -0.1) is 0 Å². The van der Waals surface area contributed by atoms with Crippen LogP contribution in [0, 0.1) is 17.2 Å². The number of hydrogen-bond acceptors (Lipinski definition) is 6. The molecule has 2 bridgehead atoms. The van der Waals surface area contributed by atoms with E-state index in [1.807, 2.05) is 6.92 Å². The third-order valence-corrected chi connectivity index (χ3v) is 6.09. The van der Waals surface area contributed by atoms with E-state index in [-0.39, 0.29) is 60.5 Å². The second-order valence-corrected chi connectivity index (χ2v) is 8.39. The number of carbonyl (C=O) groups excluding carboxylic acids is 2. The van der Waals surface area contributed by atoms with Crippen molar-refractivity contribution in [3.63, 3.8) is 0 Å². The van der Waals surface area contributed by atoms with E-state index in [9.17, 15) is 14.9 Å². The molecule has 0 N–H and O–H groups in total. The van der Waals surface area contributed by atoms with Crippen molar-refractivity contribution < 1.29 is 23.8 Å². The Morgan fingerprint density at radius 2 is 1.94 bits per heavy atom. The van der Waals surface area contributed by atoms with Gasteiger partial charge in [0.15, 0.2) is 0 Å². The van der Waals surface area contributed by atoms with Gasteiger partial charge in [-0.1, -0.05) is 13.0 Å². The smallest absolute Gasteiger partial charge is 0.257 e. The zero-order valence-corrected chi connectivity index (χ0v) is 18.7. The van der Waals surface area contributed by atoms with Crippen LogP contribution in [0.1, 0.15) is 42.1 Å². The third-order valence-electron chi connectivity index (χ3n) is 6.09. The average molecular weight is 430 g/mol. The first-order chi connectivity index (χ1) is 14.8. The van der Waals surface area contributed by atoms with Gasteiger partial charge in [-0.25, -0.2) is 0 Å². The third kappa shape index (κ3) is 5.17. The van der Waals surface area contributed by atoms with E-state index in [0.29, 0.717) is 12.1 Å². The van der Waals surface area contributed by atoms with E-state index in [0.717, 1.165) is 19.3 Å². The van der Waals surface area contributed by atoms with Crippen LogP contribution in [0.15, 0.2) is 18.2 Å². The Kier molecular flexibility index (Phi) is 7.52. The summed E-state index contributed by atoms with van der Waals surface area (Å²) in [5.74, 6) is -0.423. The van der Waals surface area contributed by atoms with Crippen molar-refractivity contribution in [3.05, 3.63) is 29.3 Å². The Labute approximate surface area is 183 Å². The van der Waals surface area contributed by atoms with Crippen LogP contribution in [0.5, 0.6) is 5.75 Å². The van der Waals surface area contributed by atoms with Gasteiger partial charge in [-0.05, 0) is 31.4 Å². The Morgan fingerprint density at radius 1 is 1.16 bits per heavy atom. The molecule has 31 heavy (non-hydrogen) atoms. The molecule has 0 spiro atoms. The molecule has 2 aliphatic rings. The molecule has 0 saturated carbocycles. The molecule has 0 unspecified atom stereocenters. The van der Waals surface area contributed by atoms with Crippen LogP contribution in [0.3, 0.4) is 0 Å². The standard InChI is InChI=1S/C23H31N3O5/c1-15-13-26(3)23(28)18-7-5-6-16(12-24)21(18)30-14-20-19(29-4)9-8-17(31-20)10-11-25(2)22(15)27/h5-7,15,17,19-20H,8-11,13-14H2,1-4H3/t15-,17+,19+,20-/m0/s1. The van der Waals surface area contributed by atoms with Crippen LogP contribution in [-0.4, -0.2) is 80.8 Å². The van der Waals surface area contributed by atoms with Crippen molar-refractivity contribution in [2.45, 2.75) is 44.5 Å². The highest BCUT2D eigenvalue weighted by Gasteiger charge is 2.33. The van der Waals surface area contributed by atoms with E-state index in [2.05, 4.69) is 6.07 Å². The zero-order chi connectivity index (χ0) is 22.5. The lowest BCUT2D eigenvalue weighted by molar-refractivity contribution is -0.146. The molecular weight excluding hydrogens is 398 g/mol. The Balaban J connectivity index is 1.96. The van der Waals surface area contributed by atoms with Gasteiger partial charge in [-0.2, -0.15) is 5.26 Å². The summed E-state index contributed by atoms with van der Waals surface area (Å²) in [4.78, 5) is 29.2. The lowest BCUT2D eigenvalue weighted by Gasteiger charge is -2.36. The van der Waals surface area contributed by atoms with Gasteiger partial charge in [-0.3, -0.25) is 9.59 Å². The quantitative estimate of drug-likeness (QED) is 0.679. The molecule has 2 amide bonds. The van der Waals surface area contributed by atoms with Crippen molar-refractivity contribution >= 4 is 11.8 Å². The number of amides is 2. The van der Waals surface area contributed by atoms with Crippen LogP contribution < -0.4 is 4.74 Å². The summed E-state index contributed by atoms with van der Waals surface area (Å²) < 4.78 is 17.9. The van der Waals surface area contributed by atoms with E-state index in [4.69, 9.17) is 14.2 Å². The summed E-state index contributed by atoms with van der Waals surface area (Å²) in [5, 5.41) is 9.57. The predicted octanol–water partition coefficient (Wildman–Crippen LogP) is 2.07. The molecule has 0 aromatic heterocycles. The number of nitrogens with zero attached hydrogens (tertiary/aromatic N) is 3. The topological polar surface area (TPSA) is 92.1 Å². The van der Waals surface area contributed by atoms with Crippen LogP contribution in [0.4, 0.5) is 0 Å². The summed E-state index contributed by atoms with van der Waals surface area (Å²) in [6.07, 6.45) is 1.90. The average Bonchev–Trinajstić information content (AvgIpc) is 2.79. The summed E-state index contributed by atoms with van der Waals surface area (Å²) in [7, 11) is 5.09. The van der Waals surface area contributed by atoms with Crippen molar-refractivity contribution in [1.82, 2.24) is 9.80 Å². The highest BCUT2D eigenvalue weighted by atomic mass is 16.6. The second kappa shape index (κ2) is 10.1. The minimum absolute atomic E-state index is 0.00864. The van der Waals surface area contributed by atoms with E-state index in [1.54, 1.807) is 44.3 Å². The van der Waals surface area contributed by atoms with Crippen LogP contribution >= 0.6 is 0 Å². The van der Waals surface area contributed by atoms with Gasteiger partial charge in [0.05, 0.1) is 29.3 Å². The number of para-hydroxylation sites is 1. The van der Waals surface area contributed by atoms with Crippen LogP contribution in [0.25, 0.3) is 0 Å². The number of ether oxygens (including phenoxy) is 3. The van der Waals surface area contributed by atoms with Gasteiger partial charge >= 0.3 is 0 Å². The maximum atomic E-state index is 13.2. The first-order valence-corrected chi connectivity index (χ1v) is 10.7. The van der Waals surface area contributed by atoms with Crippen LogP contribution in [0.2, 0.25) is 0 Å². The van der Waals surface area contributed by atoms with Gasteiger partial charge < -0.3 is 24.0 Å².